The molecule has 0 bridgehead atoms. The Bertz CT molecular complexity index is 1420. The maximum absolute atomic E-state index is 13.0. The Morgan fingerprint density at radius 3 is 1.37 bits per heavy atom. The van der Waals surface area contributed by atoms with Crippen LogP contribution in [0.15, 0.2) is 48.6 Å². The van der Waals surface area contributed by atoms with Crippen molar-refractivity contribution in [3.63, 3.8) is 0 Å². The summed E-state index contributed by atoms with van der Waals surface area (Å²) < 4.78 is 28.3. The molecule has 1 rings (SSSR count). The van der Waals surface area contributed by atoms with E-state index in [1.807, 2.05) is 0 Å². The molecule has 3 N–H and O–H groups in total. The van der Waals surface area contributed by atoms with Crippen LogP contribution in [0.25, 0.3) is 0 Å². The van der Waals surface area contributed by atoms with Crippen molar-refractivity contribution in [2.24, 2.45) is 0 Å². The molecular formula is C59H102O12. The lowest BCUT2D eigenvalue weighted by Gasteiger charge is -2.40. The molecule has 0 aromatic carbocycles. The lowest BCUT2D eigenvalue weighted by Crippen LogP contribution is -2.61. The predicted octanol–water partition coefficient (Wildman–Crippen LogP) is 14.2. The van der Waals surface area contributed by atoms with Crippen LogP contribution in [0.3, 0.4) is 0 Å². The van der Waals surface area contributed by atoms with Crippen LogP contribution >= 0.6 is 0 Å². The van der Waals surface area contributed by atoms with E-state index in [9.17, 15) is 34.5 Å². The normalized spacial score (nSPS) is 18.8. The molecular weight excluding hydrogens is 901 g/mol. The zero-order valence-corrected chi connectivity index (χ0v) is 45.0. The minimum absolute atomic E-state index is 0.0514. The molecule has 0 aromatic rings. The van der Waals surface area contributed by atoms with Gasteiger partial charge in [-0.15, -0.1) is 0 Å². The highest BCUT2D eigenvalue weighted by atomic mass is 16.7. The van der Waals surface area contributed by atoms with Crippen LogP contribution < -0.4 is 0 Å². The molecule has 12 nitrogen and oxygen atoms in total. The standard InChI is InChI=1S/C59H102O12/c1-4-7-10-13-16-19-21-23-25-26-28-29-31-34-36-39-42-45-51(60)67-48-50(69-52(61)46-43-40-37-33-18-15-12-9-6-3)49-68-59-57(55(64)54(63)56(71-59)58(65)66)70-53(62)47-44-41-38-35-32-30-27-24-22-20-17-14-11-8-5-2/h7,10,16,19,23-25,27,50,54-57,59,63-64H,4-6,8-9,11-15,17-18,20-22,26,28-49H2,1-3H3,(H,65,66)/b10-7-,19-16-,25-23-,27-24-. The van der Waals surface area contributed by atoms with E-state index in [-0.39, 0.29) is 25.9 Å². The maximum Gasteiger partial charge on any atom is 0.335 e. The molecule has 6 unspecified atom stereocenters. The number of aliphatic carboxylic acids is 1. The van der Waals surface area contributed by atoms with E-state index in [4.69, 9.17) is 23.7 Å². The molecule has 12 heteroatoms. The third-order valence-corrected chi connectivity index (χ3v) is 12.9. The van der Waals surface area contributed by atoms with Crippen molar-refractivity contribution < 1.29 is 58.2 Å². The Hall–Kier alpha value is -3.32. The number of hydrogen-bond donors (Lipinski definition) is 3. The first kappa shape index (κ1) is 65.7. The number of hydrogen-bond acceptors (Lipinski definition) is 11. The highest BCUT2D eigenvalue weighted by Crippen LogP contribution is 2.26. The number of aliphatic hydroxyl groups is 2. The summed E-state index contributed by atoms with van der Waals surface area (Å²) in [6.07, 6.45) is 43.8. The van der Waals surface area contributed by atoms with Gasteiger partial charge in [0.1, 0.15) is 18.8 Å². The van der Waals surface area contributed by atoms with Crippen LogP contribution in [-0.2, 0) is 42.9 Å². The second-order valence-electron chi connectivity index (χ2n) is 19.5. The molecule has 0 aromatic heterocycles. The van der Waals surface area contributed by atoms with E-state index in [0.717, 1.165) is 109 Å². The number of carboxylic acids is 1. The highest BCUT2D eigenvalue weighted by molar-refractivity contribution is 5.74. The minimum Gasteiger partial charge on any atom is -0.479 e. The molecule has 1 aliphatic rings. The van der Waals surface area contributed by atoms with Gasteiger partial charge in [0.05, 0.1) is 6.61 Å². The van der Waals surface area contributed by atoms with Crippen molar-refractivity contribution in [3.05, 3.63) is 48.6 Å². The van der Waals surface area contributed by atoms with Crippen molar-refractivity contribution >= 4 is 23.9 Å². The molecule has 0 amide bonds. The van der Waals surface area contributed by atoms with Crippen LogP contribution in [0.5, 0.6) is 0 Å². The number of ether oxygens (including phenoxy) is 5. The van der Waals surface area contributed by atoms with Crippen molar-refractivity contribution in [2.45, 2.75) is 289 Å². The minimum atomic E-state index is -1.90. The van der Waals surface area contributed by atoms with Gasteiger partial charge in [0, 0.05) is 19.3 Å². The number of carbonyl (C=O) groups is 4. The summed E-state index contributed by atoms with van der Waals surface area (Å²) in [6, 6.07) is 0. The van der Waals surface area contributed by atoms with E-state index >= 15 is 0 Å². The zero-order chi connectivity index (χ0) is 51.8. The van der Waals surface area contributed by atoms with E-state index in [2.05, 4.69) is 69.4 Å². The maximum atomic E-state index is 13.0. The first-order chi connectivity index (χ1) is 34.6. The van der Waals surface area contributed by atoms with Gasteiger partial charge in [-0.3, -0.25) is 14.4 Å². The fourth-order valence-corrected chi connectivity index (χ4v) is 8.49. The fourth-order valence-electron chi connectivity index (χ4n) is 8.49. The van der Waals surface area contributed by atoms with Gasteiger partial charge in [0.25, 0.3) is 0 Å². The second kappa shape index (κ2) is 47.7. The van der Waals surface area contributed by atoms with Crippen molar-refractivity contribution in [3.8, 4) is 0 Å². The van der Waals surface area contributed by atoms with Gasteiger partial charge in [0.2, 0.25) is 0 Å². The van der Waals surface area contributed by atoms with Crippen LogP contribution in [0.4, 0.5) is 0 Å². The summed E-state index contributed by atoms with van der Waals surface area (Å²) in [5.41, 5.74) is 0. The molecule has 0 radical (unpaired) electrons. The molecule has 6 atom stereocenters. The summed E-state index contributed by atoms with van der Waals surface area (Å²) in [5.74, 6) is -3.13. The Kier molecular flexibility index (Phi) is 44.1. The first-order valence-corrected chi connectivity index (χ1v) is 28.6. The van der Waals surface area contributed by atoms with Gasteiger partial charge < -0.3 is 39.0 Å². The van der Waals surface area contributed by atoms with Crippen LogP contribution in [0, 0.1) is 0 Å². The monoisotopic (exact) mass is 1000 g/mol. The molecule has 1 fully saturated rings. The van der Waals surface area contributed by atoms with Gasteiger partial charge in [-0.05, 0) is 77.0 Å². The highest BCUT2D eigenvalue weighted by Gasteiger charge is 2.50. The van der Waals surface area contributed by atoms with Crippen LogP contribution in [0.1, 0.15) is 252 Å². The average Bonchev–Trinajstić information content (AvgIpc) is 3.35. The van der Waals surface area contributed by atoms with Gasteiger partial charge in [-0.1, -0.05) is 204 Å². The SMILES string of the molecule is CC/C=C\C/C=C\C/C=C\CCCCCCCCCC(=O)OCC(COC1OC(C(=O)O)C(O)C(O)C1OC(=O)CCCCCCC/C=C\CCCCCCCC)OC(=O)CCCCCCCCCCC. The smallest absolute Gasteiger partial charge is 0.335 e. The van der Waals surface area contributed by atoms with E-state index in [1.165, 1.54) is 83.5 Å². The van der Waals surface area contributed by atoms with Crippen molar-refractivity contribution in [2.75, 3.05) is 13.2 Å². The number of unbranched alkanes of at least 4 members (excludes halogenated alkanes) is 26. The number of allylic oxidation sites excluding steroid dienone is 8. The van der Waals surface area contributed by atoms with E-state index in [1.54, 1.807) is 0 Å². The van der Waals surface area contributed by atoms with Crippen molar-refractivity contribution in [1.82, 2.24) is 0 Å². The predicted molar refractivity (Wildman–Crippen MR) is 285 cm³/mol. The molecule has 1 saturated heterocycles. The van der Waals surface area contributed by atoms with E-state index < -0.39 is 67.3 Å². The Labute approximate surface area is 431 Å². The third-order valence-electron chi connectivity index (χ3n) is 12.9. The summed E-state index contributed by atoms with van der Waals surface area (Å²) in [5, 5.41) is 31.4. The number of aliphatic hydroxyl groups excluding tert-OH is 2. The van der Waals surface area contributed by atoms with Gasteiger partial charge in [0.15, 0.2) is 24.6 Å². The Morgan fingerprint density at radius 1 is 0.479 bits per heavy atom. The average molecular weight is 1000 g/mol. The molecule has 0 saturated carbocycles. The molecule has 0 aliphatic carbocycles. The lowest BCUT2D eigenvalue weighted by atomic mass is 9.98. The topological polar surface area (TPSA) is 175 Å². The largest absolute Gasteiger partial charge is 0.479 e. The van der Waals surface area contributed by atoms with Gasteiger partial charge >= 0.3 is 23.9 Å². The van der Waals surface area contributed by atoms with Gasteiger partial charge in [-0.2, -0.15) is 0 Å². The number of esters is 3. The summed E-state index contributed by atoms with van der Waals surface area (Å²) in [4.78, 5) is 50.9. The quantitative estimate of drug-likeness (QED) is 0.0228. The van der Waals surface area contributed by atoms with E-state index in [0.29, 0.717) is 19.3 Å². The first-order valence-electron chi connectivity index (χ1n) is 28.6. The summed E-state index contributed by atoms with van der Waals surface area (Å²) in [6.45, 7) is 5.84. The Morgan fingerprint density at radius 2 is 0.887 bits per heavy atom. The molecule has 1 aliphatic heterocycles. The van der Waals surface area contributed by atoms with Crippen molar-refractivity contribution in [1.29, 1.82) is 0 Å². The van der Waals surface area contributed by atoms with Crippen LogP contribution in [0.2, 0.25) is 0 Å². The number of carboxylic acid groups (broad SMARTS) is 1. The zero-order valence-electron chi connectivity index (χ0n) is 45.0. The molecule has 0 spiro atoms. The number of rotatable bonds is 48. The second-order valence-corrected chi connectivity index (χ2v) is 19.5. The molecule has 71 heavy (non-hydrogen) atoms. The number of carbonyl (C=O) groups excluding carboxylic acids is 3. The lowest BCUT2D eigenvalue weighted by molar-refractivity contribution is -0.301. The van der Waals surface area contributed by atoms with Gasteiger partial charge in [-0.25, -0.2) is 4.79 Å². The Balaban J connectivity index is 2.66. The van der Waals surface area contributed by atoms with Crippen LogP contribution in [-0.4, -0.2) is 89.2 Å². The molecule has 1 heterocycles. The molecule has 410 valence electrons. The fraction of sp³-hybridized carbons (Fsp3) is 0.797. The summed E-state index contributed by atoms with van der Waals surface area (Å²) in [7, 11) is 0. The summed E-state index contributed by atoms with van der Waals surface area (Å²) >= 11 is 0. The third kappa shape index (κ3) is 38.0.